The van der Waals surface area contributed by atoms with E-state index >= 15 is 0 Å². The van der Waals surface area contributed by atoms with Crippen LogP contribution in [-0.2, 0) is 4.74 Å². The van der Waals surface area contributed by atoms with E-state index in [2.05, 4.69) is 12.2 Å². The Morgan fingerprint density at radius 3 is 2.79 bits per heavy atom. The first-order chi connectivity index (χ1) is 9.27. The summed E-state index contributed by atoms with van der Waals surface area (Å²) in [6.45, 7) is 4.51. The number of methoxy groups -OCH3 is 1. The molecule has 4 nitrogen and oxygen atoms in total. The first kappa shape index (κ1) is 15.5. The largest absolute Gasteiger partial charge is 0.497 e. The Labute approximate surface area is 115 Å². The van der Waals surface area contributed by atoms with E-state index in [-0.39, 0.29) is 5.97 Å². The van der Waals surface area contributed by atoms with Crippen molar-refractivity contribution in [1.29, 1.82) is 0 Å². The zero-order valence-electron chi connectivity index (χ0n) is 11.8. The van der Waals surface area contributed by atoms with Gasteiger partial charge >= 0.3 is 5.97 Å². The van der Waals surface area contributed by atoms with Gasteiger partial charge in [-0.3, -0.25) is 0 Å². The van der Waals surface area contributed by atoms with Gasteiger partial charge in [0.25, 0.3) is 0 Å². The molecule has 19 heavy (non-hydrogen) atoms. The lowest BCUT2D eigenvalue weighted by molar-refractivity contribution is 0.0500. The summed E-state index contributed by atoms with van der Waals surface area (Å²) in [5.74, 6) is 0.364. The van der Waals surface area contributed by atoms with Crippen LogP contribution in [0.3, 0.4) is 0 Å². The molecule has 4 heteroatoms. The predicted octanol–water partition coefficient (Wildman–Crippen LogP) is 2.63. The van der Waals surface area contributed by atoms with Gasteiger partial charge in [0.15, 0.2) is 0 Å². The van der Waals surface area contributed by atoms with Gasteiger partial charge in [-0.05, 0) is 44.1 Å². The van der Waals surface area contributed by atoms with Crippen LogP contribution in [0.1, 0.15) is 36.5 Å². The normalized spacial score (nSPS) is 10.2. The van der Waals surface area contributed by atoms with Gasteiger partial charge in [-0.1, -0.05) is 19.4 Å². The van der Waals surface area contributed by atoms with E-state index in [4.69, 9.17) is 9.47 Å². The van der Waals surface area contributed by atoms with Crippen LogP contribution in [0.4, 0.5) is 0 Å². The standard InChI is InChI=1S/C15H23NO3/c1-3-4-9-16-10-6-11-19-15(17)13-7-5-8-14(12-13)18-2/h5,7-8,12,16H,3-4,6,9-11H2,1-2H3. The Morgan fingerprint density at radius 1 is 1.26 bits per heavy atom. The molecular weight excluding hydrogens is 242 g/mol. The van der Waals surface area contributed by atoms with Crippen LogP contribution in [-0.4, -0.2) is 32.8 Å². The number of esters is 1. The average Bonchev–Trinajstić information content (AvgIpc) is 2.46. The molecule has 0 aromatic heterocycles. The van der Waals surface area contributed by atoms with Gasteiger partial charge in [0.1, 0.15) is 5.75 Å². The number of carbonyl (C=O) groups is 1. The lowest BCUT2D eigenvalue weighted by Crippen LogP contribution is -2.18. The van der Waals surface area contributed by atoms with E-state index in [1.54, 1.807) is 31.4 Å². The molecule has 0 spiro atoms. The van der Waals surface area contributed by atoms with Crippen molar-refractivity contribution in [1.82, 2.24) is 5.32 Å². The van der Waals surface area contributed by atoms with Crippen molar-refractivity contribution >= 4 is 5.97 Å². The molecule has 0 fully saturated rings. The van der Waals surface area contributed by atoms with E-state index in [1.807, 2.05) is 0 Å². The molecule has 0 bridgehead atoms. The Balaban J connectivity index is 2.20. The van der Waals surface area contributed by atoms with Gasteiger partial charge in [-0.2, -0.15) is 0 Å². The molecule has 1 N–H and O–H groups in total. The molecule has 0 unspecified atom stereocenters. The quantitative estimate of drug-likeness (QED) is 0.551. The number of rotatable bonds is 9. The molecule has 0 saturated heterocycles. The summed E-state index contributed by atoms with van der Waals surface area (Å²) in [5, 5.41) is 3.31. The summed E-state index contributed by atoms with van der Waals surface area (Å²) in [6.07, 6.45) is 3.21. The van der Waals surface area contributed by atoms with E-state index in [0.717, 1.165) is 19.5 Å². The fraction of sp³-hybridized carbons (Fsp3) is 0.533. The predicted molar refractivity (Wildman–Crippen MR) is 75.7 cm³/mol. The van der Waals surface area contributed by atoms with Crippen molar-refractivity contribution < 1.29 is 14.3 Å². The van der Waals surface area contributed by atoms with E-state index in [0.29, 0.717) is 17.9 Å². The monoisotopic (exact) mass is 265 g/mol. The first-order valence-electron chi connectivity index (χ1n) is 6.79. The highest BCUT2D eigenvalue weighted by atomic mass is 16.5. The van der Waals surface area contributed by atoms with Gasteiger partial charge in [-0.15, -0.1) is 0 Å². The number of hydrogen-bond acceptors (Lipinski definition) is 4. The van der Waals surface area contributed by atoms with Crippen LogP contribution < -0.4 is 10.1 Å². The van der Waals surface area contributed by atoms with E-state index in [1.165, 1.54) is 12.8 Å². The lowest BCUT2D eigenvalue weighted by Gasteiger charge is -2.07. The average molecular weight is 265 g/mol. The Hall–Kier alpha value is -1.55. The number of unbranched alkanes of at least 4 members (excludes halogenated alkanes) is 1. The maximum absolute atomic E-state index is 11.7. The maximum Gasteiger partial charge on any atom is 0.338 e. The molecule has 1 aromatic rings. The minimum atomic E-state index is -0.299. The second kappa shape index (κ2) is 9.39. The summed E-state index contributed by atoms with van der Waals surface area (Å²) in [6, 6.07) is 6.99. The summed E-state index contributed by atoms with van der Waals surface area (Å²) < 4.78 is 10.3. The number of ether oxygens (including phenoxy) is 2. The Kier molecular flexibility index (Phi) is 7.66. The highest BCUT2D eigenvalue weighted by Gasteiger charge is 2.07. The molecule has 106 valence electrons. The van der Waals surface area contributed by atoms with Gasteiger partial charge in [0.05, 0.1) is 19.3 Å². The molecule has 0 aliphatic carbocycles. The molecule has 1 aromatic carbocycles. The zero-order chi connectivity index (χ0) is 13.9. The van der Waals surface area contributed by atoms with Crippen molar-refractivity contribution in [2.75, 3.05) is 26.8 Å². The topological polar surface area (TPSA) is 47.6 Å². The maximum atomic E-state index is 11.7. The fourth-order valence-corrected chi connectivity index (χ4v) is 1.62. The number of benzene rings is 1. The van der Waals surface area contributed by atoms with Crippen LogP contribution in [0.15, 0.2) is 24.3 Å². The fourth-order valence-electron chi connectivity index (χ4n) is 1.62. The van der Waals surface area contributed by atoms with Crippen molar-refractivity contribution in [3.05, 3.63) is 29.8 Å². The molecule has 0 heterocycles. The van der Waals surface area contributed by atoms with Crippen LogP contribution in [0, 0.1) is 0 Å². The molecule has 0 amide bonds. The molecule has 0 radical (unpaired) electrons. The summed E-state index contributed by atoms with van der Waals surface area (Å²) in [4.78, 5) is 11.7. The van der Waals surface area contributed by atoms with E-state index in [9.17, 15) is 4.79 Å². The molecule has 1 rings (SSSR count). The highest BCUT2D eigenvalue weighted by Crippen LogP contribution is 2.13. The minimum Gasteiger partial charge on any atom is -0.497 e. The van der Waals surface area contributed by atoms with Crippen molar-refractivity contribution in [2.45, 2.75) is 26.2 Å². The molecule has 0 aliphatic rings. The number of nitrogens with one attached hydrogen (secondary N) is 1. The Bertz CT molecular complexity index is 379. The first-order valence-corrected chi connectivity index (χ1v) is 6.79. The minimum absolute atomic E-state index is 0.299. The van der Waals surface area contributed by atoms with Crippen molar-refractivity contribution in [2.24, 2.45) is 0 Å². The van der Waals surface area contributed by atoms with Crippen LogP contribution >= 0.6 is 0 Å². The Morgan fingerprint density at radius 2 is 2.05 bits per heavy atom. The van der Waals surface area contributed by atoms with Gasteiger partial charge in [0.2, 0.25) is 0 Å². The number of hydrogen-bond donors (Lipinski definition) is 1. The SMILES string of the molecule is CCCCNCCCOC(=O)c1cccc(OC)c1. The molecule has 0 atom stereocenters. The third-order valence-corrected chi connectivity index (χ3v) is 2.74. The van der Waals surface area contributed by atoms with Crippen molar-refractivity contribution in [3.8, 4) is 5.75 Å². The van der Waals surface area contributed by atoms with Gasteiger partial charge in [0, 0.05) is 0 Å². The number of carbonyl (C=O) groups excluding carboxylic acids is 1. The molecule has 0 aliphatic heterocycles. The lowest BCUT2D eigenvalue weighted by atomic mass is 10.2. The van der Waals surface area contributed by atoms with Gasteiger partial charge < -0.3 is 14.8 Å². The summed E-state index contributed by atoms with van der Waals surface area (Å²) >= 11 is 0. The highest BCUT2D eigenvalue weighted by molar-refractivity contribution is 5.89. The third-order valence-electron chi connectivity index (χ3n) is 2.74. The van der Waals surface area contributed by atoms with Crippen molar-refractivity contribution in [3.63, 3.8) is 0 Å². The second-order valence-electron chi connectivity index (χ2n) is 4.32. The third kappa shape index (κ3) is 6.25. The molecular formula is C15H23NO3. The smallest absolute Gasteiger partial charge is 0.338 e. The van der Waals surface area contributed by atoms with Crippen LogP contribution in [0.5, 0.6) is 5.75 Å². The van der Waals surface area contributed by atoms with Crippen LogP contribution in [0.2, 0.25) is 0 Å². The van der Waals surface area contributed by atoms with E-state index < -0.39 is 0 Å². The van der Waals surface area contributed by atoms with Crippen LogP contribution in [0.25, 0.3) is 0 Å². The summed E-state index contributed by atoms with van der Waals surface area (Å²) in [5.41, 5.74) is 0.526. The second-order valence-corrected chi connectivity index (χ2v) is 4.32. The zero-order valence-corrected chi connectivity index (χ0v) is 11.8. The summed E-state index contributed by atoms with van der Waals surface area (Å²) in [7, 11) is 1.58. The van der Waals surface area contributed by atoms with Gasteiger partial charge in [-0.25, -0.2) is 4.79 Å². The molecule has 0 saturated carbocycles.